The maximum absolute atomic E-state index is 12.5. The molecule has 0 spiro atoms. The van der Waals surface area contributed by atoms with Crippen LogP contribution in [0.5, 0.6) is 5.75 Å². The molecule has 0 bridgehead atoms. The molecule has 120 valence electrons. The zero-order chi connectivity index (χ0) is 16.6. The number of carbonyl (C=O) groups excluding carboxylic acids is 1. The lowest BCUT2D eigenvalue weighted by molar-refractivity contribution is 0.0951. The lowest BCUT2D eigenvalue weighted by Gasteiger charge is -2.18. The number of ketones is 1. The highest BCUT2D eigenvalue weighted by Gasteiger charge is 2.18. The third-order valence-electron chi connectivity index (χ3n) is 3.47. The van der Waals surface area contributed by atoms with E-state index >= 15 is 0 Å². The van der Waals surface area contributed by atoms with Crippen molar-refractivity contribution >= 4 is 17.5 Å². The van der Waals surface area contributed by atoms with Gasteiger partial charge < -0.3 is 4.74 Å². The van der Waals surface area contributed by atoms with Crippen LogP contribution < -0.4 is 4.74 Å². The van der Waals surface area contributed by atoms with Crippen LogP contribution in [0.25, 0.3) is 0 Å². The molecule has 0 heterocycles. The number of ether oxygens (including phenoxy) is 1. The Hall–Kier alpha value is -2.52. The number of Topliss-reactive ketones (excluding diaryl/α,β-unsaturated/α-hetero) is 1. The molecule has 3 heteroatoms. The molecule has 0 saturated carbocycles. The average molecular weight is 334 g/mol. The van der Waals surface area contributed by atoms with Crippen LogP contribution >= 0.6 is 11.8 Å². The Morgan fingerprint density at radius 2 is 1.33 bits per heavy atom. The van der Waals surface area contributed by atoms with E-state index in [9.17, 15) is 4.79 Å². The van der Waals surface area contributed by atoms with Gasteiger partial charge in [0.25, 0.3) is 0 Å². The largest absolute Gasteiger partial charge is 0.479 e. The monoisotopic (exact) mass is 334 g/mol. The van der Waals surface area contributed by atoms with Crippen molar-refractivity contribution < 1.29 is 9.53 Å². The minimum Gasteiger partial charge on any atom is -0.479 e. The second-order valence-electron chi connectivity index (χ2n) is 5.28. The van der Waals surface area contributed by atoms with Gasteiger partial charge in [-0.3, -0.25) is 4.79 Å². The number of thioether (sulfide) groups is 1. The molecule has 3 aromatic carbocycles. The first kappa shape index (κ1) is 16.3. The fourth-order valence-corrected chi connectivity index (χ4v) is 3.31. The maximum atomic E-state index is 12.5. The maximum Gasteiger partial charge on any atom is 0.167 e. The lowest BCUT2D eigenvalue weighted by Crippen LogP contribution is -2.17. The highest BCUT2D eigenvalue weighted by Crippen LogP contribution is 2.28. The van der Waals surface area contributed by atoms with E-state index in [0.29, 0.717) is 12.0 Å². The SMILES string of the molecule is O=C(CC(Oc1ccccc1)Sc1ccccc1)c1ccccc1. The van der Waals surface area contributed by atoms with Gasteiger partial charge in [-0.1, -0.05) is 78.5 Å². The van der Waals surface area contributed by atoms with Crippen LogP contribution in [0.15, 0.2) is 95.9 Å². The van der Waals surface area contributed by atoms with Crippen molar-refractivity contribution in [1.82, 2.24) is 0 Å². The first-order chi connectivity index (χ1) is 11.8. The molecule has 1 atom stereocenters. The van der Waals surface area contributed by atoms with E-state index < -0.39 is 0 Å². The molecule has 2 nitrogen and oxygen atoms in total. The molecule has 24 heavy (non-hydrogen) atoms. The predicted octanol–water partition coefficient (Wildman–Crippen LogP) is 5.46. The summed E-state index contributed by atoms with van der Waals surface area (Å²) >= 11 is 1.56. The zero-order valence-corrected chi connectivity index (χ0v) is 14.0. The minimum absolute atomic E-state index is 0.0833. The van der Waals surface area contributed by atoms with Gasteiger partial charge in [0.15, 0.2) is 11.2 Å². The molecular weight excluding hydrogens is 316 g/mol. The second kappa shape index (κ2) is 8.37. The van der Waals surface area contributed by atoms with Gasteiger partial charge >= 0.3 is 0 Å². The second-order valence-corrected chi connectivity index (χ2v) is 6.52. The first-order valence-corrected chi connectivity index (χ1v) is 8.71. The molecule has 0 fully saturated rings. The summed E-state index contributed by atoms with van der Waals surface area (Å²) in [4.78, 5) is 13.6. The summed E-state index contributed by atoms with van der Waals surface area (Å²) in [6, 6.07) is 29.0. The molecule has 0 aliphatic carbocycles. The summed E-state index contributed by atoms with van der Waals surface area (Å²) in [7, 11) is 0. The molecular formula is C21H18O2S. The van der Waals surface area contributed by atoms with Gasteiger partial charge in [0, 0.05) is 10.5 Å². The summed E-state index contributed by atoms with van der Waals surface area (Å²) in [6.07, 6.45) is 0.318. The van der Waals surface area contributed by atoms with E-state index in [0.717, 1.165) is 10.6 Å². The topological polar surface area (TPSA) is 26.3 Å². The number of carbonyl (C=O) groups is 1. The summed E-state index contributed by atoms with van der Waals surface area (Å²) in [5, 5.41) is 0. The number of hydrogen-bond donors (Lipinski definition) is 0. The zero-order valence-electron chi connectivity index (χ0n) is 13.2. The Kier molecular flexibility index (Phi) is 5.70. The highest BCUT2D eigenvalue weighted by atomic mass is 32.2. The molecule has 3 aromatic rings. The third kappa shape index (κ3) is 4.74. The van der Waals surface area contributed by atoms with Crippen LogP contribution in [0.1, 0.15) is 16.8 Å². The van der Waals surface area contributed by atoms with E-state index in [1.807, 2.05) is 91.0 Å². The molecule has 1 unspecified atom stereocenters. The Bertz CT molecular complexity index is 716. The van der Waals surface area contributed by atoms with Gasteiger partial charge in [0.05, 0.1) is 6.42 Å². The molecule has 0 aliphatic heterocycles. The van der Waals surface area contributed by atoms with Crippen LogP contribution in [-0.4, -0.2) is 11.2 Å². The number of benzene rings is 3. The van der Waals surface area contributed by atoms with Crippen molar-refractivity contribution in [2.75, 3.05) is 0 Å². The number of rotatable bonds is 7. The molecule has 0 aromatic heterocycles. The Morgan fingerprint density at radius 3 is 1.96 bits per heavy atom. The summed E-state index contributed by atoms with van der Waals surface area (Å²) < 4.78 is 6.05. The summed E-state index contributed by atoms with van der Waals surface area (Å²) in [5.74, 6) is 0.853. The quantitative estimate of drug-likeness (QED) is 0.326. The molecule has 0 radical (unpaired) electrons. The molecule has 0 amide bonds. The van der Waals surface area contributed by atoms with Gasteiger partial charge in [-0.05, 0) is 24.3 Å². The van der Waals surface area contributed by atoms with E-state index in [1.54, 1.807) is 11.8 Å². The van der Waals surface area contributed by atoms with Gasteiger partial charge in [0.1, 0.15) is 5.75 Å². The van der Waals surface area contributed by atoms with E-state index in [4.69, 9.17) is 4.74 Å². The Labute approximate surface area is 146 Å². The highest BCUT2D eigenvalue weighted by molar-refractivity contribution is 7.99. The summed E-state index contributed by atoms with van der Waals surface area (Å²) in [6.45, 7) is 0. The van der Waals surface area contributed by atoms with Crippen molar-refractivity contribution in [1.29, 1.82) is 0 Å². The molecule has 0 aliphatic rings. The van der Waals surface area contributed by atoms with Gasteiger partial charge in [-0.15, -0.1) is 0 Å². The fraction of sp³-hybridized carbons (Fsp3) is 0.0952. The van der Waals surface area contributed by atoms with Crippen LogP contribution in [0.3, 0.4) is 0 Å². The molecule has 0 saturated heterocycles. The number of para-hydroxylation sites is 1. The van der Waals surface area contributed by atoms with Crippen LogP contribution in [-0.2, 0) is 0 Å². The van der Waals surface area contributed by atoms with Crippen molar-refractivity contribution in [3.63, 3.8) is 0 Å². The standard InChI is InChI=1S/C21H18O2S/c22-20(17-10-4-1-5-11-17)16-21(23-18-12-6-2-7-13-18)24-19-14-8-3-9-15-19/h1-15,21H,16H2. The van der Waals surface area contributed by atoms with Crippen molar-refractivity contribution in [3.8, 4) is 5.75 Å². The first-order valence-electron chi connectivity index (χ1n) is 7.83. The molecule has 0 N–H and O–H groups in total. The Morgan fingerprint density at radius 1 is 0.792 bits per heavy atom. The predicted molar refractivity (Wildman–Crippen MR) is 98.5 cm³/mol. The van der Waals surface area contributed by atoms with Crippen LogP contribution in [0, 0.1) is 0 Å². The van der Waals surface area contributed by atoms with Crippen molar-refractivity contribution in [2.45, 2.75) is 16.8 Å². The van der Waals surface area contributed by atoms with E-state index in [-0.39, 0.29) is 11.2 Å². The lowest BCUT2D eigenvalue weighted by atomic mass is 10.1. The van der Waals surface area contributed by atoms with Gasteiger partial charge in [0.2, 0.25) is 0 Å². The van der Waals surface area contributed by atoms with Crippen LogP contribution in [0.2, 0.25) is 0 Å². The Balaban J connectivity index is 1.75. The minimum atomic E-state index is -0.275. The van der Waals surface area contributed by atoms with Crippen molar-refractivity contribution in [2.24, 2.45) is 0 Å². The van der Waals surface area contributed by atoms with Gasteiger partial charge in [-0.2, -0.15) is 0 Å². The van der Waals surface area contributed by atoms with E-state index in [1.165, 1.54) is 0 Å². The fourth-order valence-electron chi connectivity index (χ4n) is 2.30. The molecule has 3 rings (SSSR count). The smallest absolute Gasteiger partial charge is 0.167 e. The van der Waals surface area contributed by atoms with E-state index in [2.05, 4.69) is 0 Å². The average Bonchev–Trinajstić information content (AvgIpc) is 2.64. The summed E-state index contributed by atoms with van der Waals surface area (Å²) in [5.41, 5.74) is 0.440. The van der Waals surface area contributed by atoms with Crippen molar-refractivity contribution in [3.05, 3.63) is 96.6 Å². The van der Waals surface area contributed by atoms with Crippen LogP contribution in [0.4, 0.5) is 0 Å². The van der Waals surface area contributed by atoms with Gasteiger partial charge in [-0.25, -0.2) is 0 Å². The third-order valence-corrected chi connectivity index (χ3v) is 4.54. The normalized spacial score (nSPS) is 11.7. The number of hydrogen-bond acceptors (Lipinski definition) is 3.